The van der Waals surface area contributed by atoms with E-state index in [1.807, 2.05) is 0 Å². The van der Waals surface area contributed by atoms with E-state index in [1.54, 1.807) is 0 Å². The highest BCUT2D eigenvalue weighted by atomic mass is 16.6. The maximum atomic E-state index is 12.8. The van der Waals surface area contributed by atoms with Crippen LogP contribution in [0.1, 0.15) is 122 Å². The number of alkyl carbamates (subject to hydrolysis) is 2. The molecule has 0 bridgehead atoms. The Balaban J connectivity index is 1.12. The summed E-state index contributed by atoms with van der Waals surface area (Å²) in [5, 5.41) is 6.17. The number of ether oxygens (including phenoxy) is 4. The van der Waals surface area contributed by atoms with Gasteiger partial charge in [-0.2, -0.15) is 0 Å². The third-order valence-corrected chi connectivity index (χ3v) is 11.0. The number of hydrogen-bond acceptors (Lipinski definition) is 8. The fourth-order valence-electron chi connectivity index (χ4n) is 8.22. The smallest absolute Gasteiger partial charge is 0.407 e. The van der Waals surface area contributed by atoms with E-state index in [4.69, 9.17) is 18.9 Å². The van der Waals surface area contributed by atoms with Crippen molar-refractivity contribution in [1.29, 1.82) is 0 Å². The second-order valence-electron chi connectivity index (χ2n) is 14.3. The van der Waals surface area contributed by atoms with Gasteiger partial charge in [-0.25, -0.2) is 19.2 Å². The van der Waals surface area contributed by atoms with Gasteiger partial charge in [-0.3, -0.25) is 0 Å². The fraction of sp³-hybridized carbons (Fsp3) is 0.784. The Hall–Kier alpha value is -3.04. The summed E-state index contributed by atoms with van der Waals surface area (Å²) < 4.78 is 22.2. The van der Waals surface area contributed by atoms with Crippen LogP contribution in [-0.4, -0.2) is 61.6 Å². The second-order valence-corrected chi connectivity index (χ2v) is 14.3. The molecular weight excluding hydrogens is 600 g/mol. The molecule has 10 heteroatoms. The maximum Gasteiger partial charge on any atom is 0.407 e. The van der Waals surface area contributed by atoms with Crippen molar-refractivity contribution in [2.75, 3.05) is 13.2 Å². The summed E-state index contributed by atoms with van der Waals surface area (Å²) in [5.74, 6) is 0.725. The summed E-state index contributed by atoms with van der Waals surface area (Å²) in [7, 11) is 0. The Labute approximate surface area is 281 Å². The van der Waals surface area contributed by atoms with Crippen LogP contribution in [0.25, 0.3) is 0 Å². The van der Waals surface area contributed by atoms with Gasteiger partial charge in [0.25, 0.3) is 0 Å². The lowest BCUT2D eigenvalue weighted by molar-refractivity contribution is -0.142. The van der Waals surface area contributed by atoms with Crippen LogP contribution < -0.4 is 10.6 Å². The van der Waals surface area contributed by atoms with Crippen molar-refractivity contribution in [2.24, 2.45) is 23.7 Å². The van der Waals surface area contributed by atoms with Crippen molar-refractivity contribution in [3.63, 3.8) is 0 Å². The van der Waals surface area contributed by atoms with Gasteiger partial charge >= 0.3 is 24.1 Å². The van der Waals surface area contributed by atoms with Crippen molar-refractivity contribution in [1.82, 2.24) is 10.6 Å². The first-order valence-electron chi connectivity index (χ1n) is 18.4. The van der Waals surface area contributed by atoms with E-state index in [2.05, 4.69) is 23.8 Å². The van der Waals surface area contributed by atoms with Gasteiger partial charge in [0.2, 0.25) is 0 Å². The van der Waals surface area contributed by atoms with Crippen LogP contribution in [0, 0.1) is 23.7 Å². The van der Waals surface area contributed by atoms with Gasteiger partial charge in [-0.1, -0.05) is 51.7 Å². The number of amides is 2. The monoisotopic (exact) mass is 658 g/mol. The molecule has 4 fully saturated rings. The van der Waals surface area contributed by atoms with Crippen molar-refractivity contribution >= 4 is 24.1 Å². The number of carbonyl (C=O) groups excluding carboxylic acids is 4. The molecule has 4 aliphatic rings. The van der Waals surface area contributed by atoms with Gasteiger partial charge in [-0.05, 0) is 107 Å². The molecule has 10 nitrogen and oxygen atoms in total. The third-order valence-electron chi connectivity index (χ3n) is 11.0. The largest absolute Gasteiger partial charge is 0.459 e. The van der Waals surface area contributed by atoms with Gasteiger partial charge in [0.1, 0.15) is 25.4 Å². The van der Waals surface area contributed by atoms with Crippen LogP contribution in [-0.2, 0) is 28.5 Å². The van der Waals surface area contributed by atoms with Crippen LogP contribution in [0.15, 0.2) is 25.3 Å². The Morgan fingerprint density at radius 3 is 1.26 bits per heavy atom. The summed E-state index contributed by atoms with van der Waals surface area (Å²) >= 11 is 0. The van der Waals surface area contributed by atoms with Gasteiger partial charge in [0.05, 0.1) is 0 Å². The first-order valence-corrected chi connectivity index (χ1v) is 18.4. The van der Waals surface area contributed by atoms with Crippen LogP contribution in [0.3, 0.4) is 0 Å². The highest BCUT2D eigenvalue weighted by Gasteiger charge is 2.33. The zero-order valence-corrected chi connectivity index (χ0v) is 28.3. The molecule has 4 saturated carbocycles. The molecule has 0 heterocycles. The maximum absolute atomic E-state index is 12.8. The Bertz CT molecular complexity index is 941. The number of hydrogen-bond donors (Lipinski definition) is 2. The molecule has 4 rings (SSSR count). The highest BCUT2D eigenvalue weighted by molar-refractivity contribution is 5.81. The fourth-order valence-corrected chi connectivity index (χ4v) is 8.22. The summed E-state index contributed by atoms with van der Waals surface area (Å²) in [6.07, 6.45) is 20.6. The lowest BCUT2D eigenvalue weighted by Crippen LogP contribution is -2.43. The minimum atomic E-state index is -0.496. The topological polar surface area (TPSA) is 129 Å². The summed E-state index contributed by atoms with van der Waals surface area (Å²) in [4.78, 5) is 48.9. The van der Waals surface area contributed by atoms with E-state index in [0.29, 0.717) is 11.8 Å². The molecule has 0 saturated heterocycles. The van der Waals surface area contributed by atoms with E-state index in [1.165, 1.54) is 19.3 Å². The number of esters is 2. The molecule has 2 amide bonds. The molecule has 47 heavy (non-hydrogen) atoms. The summed E-state index contributed by atoms with van der Waals surface area (Å²) in [6.45, 7) is 7.05. The standard InChI is InChI=1S/C37H58N2O8/c1-3-34(40)44-24-32(28-11-7-5-8-12-28)46-36(42)38-30-19-15-26(16-20-30)23-27-17-21-31(22-18-27)39-37(43)47-33(25-45-35(41)4-2)29-13-9-6-10-14-29/h3-4,26-33H,1-2,5-25H2,(H,38,42)(H,39,43). The van der Waals surface area contributed by atoms with Crippen LogP contribution >= 0.6 is 0 Å². The Morgan fingerprint density at radius 2 is 0.915 bits per heavy atom. The number of nitrogens with one attached hydrogen (secondary N) is 2. The van der Waals surface area contributed by atoms with Crippen LogP contribution in [0.4, 0.5) is 9.59 Å². The second kappa shape index (κ2) is 19.7. The van der Waals surface area contributed by atoms with Crippen molar-refractivity contribution in [3.8, 4) is 0 Å². The molecule has 2 N–H and O–H groups in total. The van der Waals surface area contributed by atoms with E-state index < -0.39 is 36.3 Å². The molecule has 0 aromatic heterocycles. The molecule has 0 spiro atoms. The van der Waals surface area contributed by atoms with Gasteiger partial charge in [-0.15, -0.1) is 0 Å². The molecule has 4 aliphatic carbocycles. The zero-order chi connectivity index (χ0) is 33.4. The molecular formula is C37H58N2O8. The van der Waals surface area contributed by atoms with E-state index in [9.17, 15) is 19.2 Å². The summed E-state index contributed by atoms with van der Waals surface area (Å²) in [5.41, 5.74) is 0. The Kier molecular flexibility index (Phi) is 15.4. The molecule has 0 aliphatic heterocycles. The highest BCUT2D eigenvalue weighted by Crippen LogP contribution is 2.36. The third kappa shape index (κ3) is 12.8. The van der Waals surface area contributed by atoms with Crippen LogP contribution in [0.2, 0.25) is 0 Å². The minimum Gasteiger partial charge on any atom is -0.459 e. The molecule has 0 radical (unpaired) electrons. The predicted octanol–water partition coefficient (Wildman–Crippen LogP) is 7.30. The molecule has 0 aromatic rings. The summed E-state index contributed by atoms with van der Waals surface area (Å²) in [6, 6.07) is 0.204. The van der Waals surface area contributed by atoms with Crippen LogP contribution in [0.5, 0.6) is 0 Å². The van der Waals surface area contributed by atoms with Gasteiger partial charge in [0, 0.05) is 24.2 Å². The van der Waals surface area contributed by atoms with Gasteiger partial charge < -0.3 is 29.6 Å². The van der Waals surface area contributed by atoms with Crippen molar-refractivity contribution in [2.45, 2.75) is 146 Å². The van der Waals surface area contributed by atoms with Crippen molar-refractivity contribution < 1.29 is 38.1 Å². The zero-order valence-electron chi connectivity index (χ0n) is 28.3. The molecule has 264 valence electrons. The lowest BCUT2D eigenvalue weighted by atomic mass is 9.76. The average molecular weight is 659 g/mol. The minimum absolute atomic E-state index is 0.0723. The normalized spacial score (nSPS) is 26.9. The molecule has 2 atom stereocenters. The Morgan fingerprint density at radius 1 is 0.553 bits per heavy atom. The van der Waals surface area contributed by atoms with E-state index in [-0.39, 0.29) is 37.1 Å². The van der Waals surface area contributed by atoms with Gasteiger partial charge in [0.15, 0.2) is 0 Å². The average Bonchev–Trinajstić information content (AvgIpc) is 3.10. The van der Waals surface area contributed by atoms with E-state index in [0.717, 1.165) is 115 Å². The molecule has 0 aromatic carbocycles. The number of rotatable bonds is 14. The molecule has 2 unspecified atom stereocenters. The quantitative estimate of drug-likeness (QED) is 0.113. The predicted molar refractivity (Wildman–Crippen MR) is 178 cm³/mol. The van der Waals surface area contributed by atoms with E-state index >= 15 is 0 Å². The number of carbonyl (C=O) groups is 4. The lowest BCUT2D eigenvalue weighted by Gasteiger charge is -2.35. The first kappa shape index (κ1) is 36.8. The van der Waals surface area contributed by atoms with Crippen molar-refractivity contribution in [3.05, 3.63) is 25.3 Å². The SMILES string of the molecule is C=CC(=O)OCC(OC(=O)NC1CCC(CC2CCC(NC(=O)OC(COC(=O)C=C)C3CCCCC3)CC2)CC1)C1CCCCC1. The first-order chi connectivity index (χ1) is 22.8.